The van der Waals surface area contributed by atoms with E-state index in [2.05, 4.69) is 0 Å². The highest BCUT2D eigenvalue weighted by Crippen LogP contribution is 2.38. The fraction of sp³-hybridized carbons (Fsp3) is 0.259. The molecule has 3 aromatic rings. The van der Waals surface area contributed by atoms with Crippen LogP contribution in [0.5, 0.6) is 11.5 Å². The van der Waals surface area contributed by atoms with E-state index in [-0.39, 0.29) is 23.8 Å². The van der Waals surface area contributed by atoms with Crippen molar-refractivity contribution >= 4 is 18.2 Å². The number of likely N-dealkylation sites (tertiary alicyclic amines) is 1. The predicted octanol–water partition coefficient (Wildman–Crippen LogP) is 5.45. The Kier molecular flexibility index (Phi) is 7.42. The Morgan fingerprint density at radius 2 is 1.68 bits per heavy atom. The smallest absolute Gasteiger partial charge is 0.415 e. The zero-order valence-electron chi connectivity index (χ0n) is 19.0. The van der Waals surface area contributed by atoms with E-state index in [0.717, 1.165) is 12.0 Å². The molecule has 0 spiro atoms. The van der Waals surface area contributed by atoms with Gasteiger partial charge in [-0.2, -0.15) is 0 Å². The first-order valence-corrected chi connectivity index (χ1v) is 11.2. The number of carbonyl (C=O) groups is 2. The Morgan fingerprint density at radius 3 is 2.26 bits per heavy atom. The van der Waals surface area contributed by atoms with Crippen molar-refractivity contribution in [1.29, 1.82) is 0 Å². The molecule has 7 heteroatoms. The normalized spacial score (nSPS) is 14.8. The van der Waals surface area contributed by atoms with Crippen molar-refractivity contribution in [3.63, 3.8) is 0 Å². The molecule has 1 unspecified atom stereocenters. The molecule has 6 nitrogen and oxygen atoms in total. The molecule has 34 heavy (non-hydrogen) atoms. The van der Waals surface area contributed by atoms with E-state index in [4.69, 9.17) is 9.47 Å². The van der Waals surface area contributed by atoms with Crippen molar-refractivity contribution in [3.05, 3.63) is 90.2 Å². The van der Waals surface area contributed by atoms with Crippen molar-refractivity contribution in [2.45, 2.75) is 18.9 Å². The lowest BCUT2D eigenvalue weighted by Gasteiger charge is -2.40. The van der Waals surface area contributed by atoms with Gasteiger partial charge in [0.25, 0.3) is 0 Å². The van der Waals surface area contributed by atoms with Crippen LogP contribution >= 0.6 is 0 Å². The first-order chi connectivity index (χ1) is 16.6. The van der Waals surface area contributed by atoms with Crippen molar-refractivity contribution in [2.75, 3.05) is 25.1 Å². The lowest BCUT2D eigenvalue weighted by Crippen LogP contribution is -2.44. The third-order valence-electron chi connectivity index (χ3n) is 6.18. The fourth-order valence-corrected chi connectivity index (χ4v) is 4.46. The van der Waals surface area contributed by atoms with Crippen molar-refractivity contribution in [2.24, 2.45) is 5.92 Å². The number of benzene rings is 3. The van der Waals surface area contributed by atoms with Crippen LogP contribution in [0.3, 0.4) is 0 Å². The second-order valence-corrected chi connectivity index (χ2v) is 8.19. The molecule has 176 valence electrons. The van der Waals surface area contributed by atoms with Crippen molar-refractivity contribution in [3.8, 4) is 11.5 Å². The third kappa shape index (κ3) is 5.20. The quantitative estimate of drug-likeness (QED) is 0.438. The summed E-state index contributed by atoms with van der Waals surface area (Å²) < 4.78 is 24.9. The average Bonchev–Trinajstić information content (AvgIpc) is 2.88. The minimum Gasteiger partial charge on any atom is -0.494 e. The van der Waals surface area contributed by atoms with Crippen LogP contribution in [0.1, 0.15) is 24.4 Å². The molecule has 1 aliphatic rings. The van der Waals surface area contributed by atoms with Crippen LogP contribution in [-0.2, 0) is 4.79 Å². The van der Waals surface area contributed by atoms with Crippen LogP contribution in [0.25, 0.3) is 0 Å². The van der Waals surface area contributed by atoms with E-state index in [9.17, 15) is 14.0 Å². The minimum atomic E-state index is -0.530. The van der Waals surface area contributed by atoms with Gasteiger partial charge in [-0.3, -0.25) is 4.79 Å². The van der Waals surface area contributed by atoms with Crippen molar-refractivity contribution in [1.82, 2.24) is 4.90 Å². The zero-order valence-corrected chi connectivity index (χ0v) is 19.0. The summed E-state index contributed by atoms with van der Waals surface area (Å²) in [5.74, 6) is 0.164. The first kappa shape index (κ1) is 23.3. The summed E-state index contributed by atoms with van der Waals surface area (Å²) in [6.45, 7) is 1.01. The molecule has 1 fully saturated rings. The number of para-hydroxylation sites is 1. The fourth-order valence-electron chi connectivity index (χ4n) is 4.46. The number of halogens is 1. The number of hydrogen-bond donors (Lipinski definition) is 0. The van der Waals surface area contributed by atoms with Gasteiger partial charge < -0.3 is 19.3 Å². The molecule has 3 aromatic carbocycles. The van der Waals surface area contributed by atoms with Crippen molar-refractivity contribution < 1.29 is 23.5 Å². The summed E-state index contributed by atoms with van der Waals surface area (Å²) >= 11 is 0. The summed E-state index contributed by atoms with van der Waals surface area (Å²) in [6.07, 6.45) is 1.71. The van der Waals surface area contributed by atoms with E-state index in [1.54, 1.807) is 28.0 Å². The topological polar surface area (TPSA) is 59.1 Å². The van der Waals surface area contributed by atoms with Gasteiger partial charge in [0.05, 0.1) is 13.2 Å². The van der Waals surface area contributed by atoms with Gasteiger partial charge in [-0.25, -0.2) is 9.18 Å². The summed E-state index contributed by atoms with van der Waals surface area (Å²) in [7, 11) is 1.40. The average molecular weight is 463 g/mol. The highest BCUT2D eigenvalue weighted by molar-refractivity contribution is 5.77. The number of piperidine rings is 1. The number of carbonyl (C=O) groups excluding carboxylic acids is 2. The molecular formula is C27H27FN2O4. The summed E-state index contributed by atoms with van der Waals surface area (Å²) in [4.78, 5) is 28.2. The lowest BCUT2D eigenvalue weighted by molar-refractivity contribution is -0.108. The molecule has 0 aliphatic carbocycles. The van der Waals surface area contributed by atoms with Gasteiger partial charge in [0.15, 0.2) is 11.6 Å². The highest BCUT2D eigenvalue weighted by atomic mass is 19.1. The number of nitrogens with zero attached hydrogens (tertiary/aromatic N) is 2. The van der Waals surface area contributed by atoms with Crippen LogP contribution in [0.4, 0.5) is 14.9 Å². The van der Waals surface area contributed by atoms with Gasteiger partial charge in [0.2, 0.25) is 6.41 Å². The minimum absolute atomic E-state index is 0.0681. The molecule has 1 atom stereocenters. The molecule has 0 bridgehead atoms. The molecule has 4 rings (SSSR count). The van der Waals surface area contributed by atoms with Gasteiger partial charge in [-0.1, -0.05) is 48.5 Å². The Hall–Kier alpha value is -3.87. The molecule has 1 aliphatic heterocycles. The SMILES string of the molecule is COc1ccc(N(C=O)C(c2ccccc2)C2CCN(C(=O)Oc3ccccc3)CC2)cc1F. The second kappa shape index (κ2) is 10.8. The summed E-state index contributed by atoms with van der Waals surface area (Å²) in [6, 6.07) is 22.9. The standard InChI is InChI=1S/C27H27FN2O4/c1-33-25-13-12-22(18-24(25)28)30(19-31)26(20-8-4-2-5-9-20)21-14-16-29(17-15-21)27(32)34-23-10-6-3-7-11-23/h2-13,18-19,21,26H,14-17H2,1H3. The highest BCUT2D eigenvalue weighted by Gasteiger charge is 2.34. The third-order valence-corrected chi connectivity index (χ3v) is 6.18. The van der Waals surface area contributed by atoms with Gasteiger partial charge >= 0.3 is 6.09 Å². The number of amides is 2. The van der Waals surface area contributed by atoms with Gasteiger partial charge in [0.1, 0.15) is 5.75 Å². The zero-order chi connectivity index (χ0) is 23.9. The lowest BCUT2D eigenvalue weighted by atomic mass is 9.84. The van der Waals surface area contributed by atoms with E-state index in [0.29, 0.717) is 37.4 Å². The molecule has 1 heterocycles. The number of anilines is 1. The Balaban J connectivity index is 1.53. The Labute approximate surface area is 198 Å². The molecule has 0 radical (unpaired) electrons. The monoisotopic (exact) mass is 462 g/mol. The molecule has 0 aromatic heterocycles. The van der Waals surface area contributed by atoms with E-state index < -0.39 is 5.82 Å². The molecule has 0 saturated carbocycles. The molecule has 1 saturated heterocycles. The van der Waals surface area contributed by atoms with Crippen LogP contribution in [0.15, 0.2) is 78.9 Å². The van der Waals surface area contributed by atoms with E-state index in [1.807, 2.05) is 48.5 Å². The van der Waals surface area contributed by atoms with E-state index in [1.165, 1.54) is 19.2 Å². The van der Waals surface area contributed by atoms with Crippen LogP contribution in [0, 0.1) is 11.7 Å². The number of hydrogen-bond acceptors (Lipinski definition) is 4. The maximum atomic E-state index is 14.4. The largest absolute Gasteiger partial charge is 0.494 e. The number of methoxy groups -OCH3 is 1. The van der Waals surface area contributed by atoms with Gasteiger partial charge in [-0.15, -0.1) is 0 Å². The van der Waals surface area contributed by atoms with E-state index >= 15 is 0 Å². The summed E-state index contributed by atoms with van der Waals surface area (Å²) in [5, 5.41) is 0. The number of ether oxygens (including phenoxy) is 2. The Bertz CT molecular complexity index is 1100. The molecular weight excluding hydrogens is 435 g/mol. The van der Waals surface area contributed by atoms with Gasteiger partial charge in [-0.05, 0) is 48.6 Å². The van der Waals surface area contributed by atoms with Crippen LogP contribution < -0.4 is 14.4 Å². The maximum absolute atomic E-state index is 14.4. The van der Waals surface area contributed by atoms with Crippen LogP contribution in [-0.4, -0.2) is 37.6 Å². The Morgan fingerprint density at radius 1 is 1.03 bits per heavy atom. The predicted molar refractivity (Wildman–Crippen MR) is 127 cm³/mol. The number of rotatable bonds is 7. The molecule has 0 N–H and O–H groups in total. The second-order valence-electron chi connectivity index (χ2n) is 8.19. The maximum Gasteiger partial charge on any atom is 0.415 e. The van der Waals surface area contributed by atoms with Gasteiger partial charge in [0, 0.05) is 24.8 Å². The summed E-state index contributed by atoms with van der Waals surface area (Å²) in [5.41, 5.74) is 1.41. The van der Waals surface area contributed by atoms with Crippen LogP contribution in [0.2, 0.25) is 0 Å². The molecule has 2 amide bonds. The first-order valence-electron chi connectivity index (χ1n) is 11.2.